The van der Waals surface area contributed by atoms with Crippen molar-refractivity contribution in [1.29, 1.82) is 0 Å². The van der Waals surface area contributed by atoms with E-state index in [4.69, 9.17) is 9.47 Å². The van der Waals surface area contributed by atoms with Crippen LogP contribution < -0.4 is 10.1 Å². The number of nitrogens with one attached hydrogen (secondary N) is 1. The minimum atomic E-state index is 0.539. The summed E-state index contributed by atoms with van der Waals surface area (Å²) in [6.45, 7) is 9.94. The minimum Gasteiger partial charge on any atom is -0.492 e. The lowest BCUT2D eigenvalue weighted by Crippen LogP contribution is -2.37. The average Bonchev–Trinajstić information content (AvgIpc) is 2.44. The van der Waals surface area contributed by atoms with Crippen LogP contribution in [0.1, 0.15) is 43.7 Å². The molecule has 1 aromatic carbocycles. The predicted molar refractivity (Wildman–Crippen MR) is 82.6 cm³/mol. The molecule has 0 aromatic heterocycles. The lowest BCUT2D eigenvalue weighted by Gasteiger charge is -2.23. The van der Waals surface area contributed by atoms with Gasteiger partial charge in [0.1, 0.15) is 12.4 Å². The minimum absolute atomic E-state index is 0.539. The molecule has 0 radical (unpaired) electrons. The van der Waals surface area contributed by atoms with Crippen molar-refractivity contribution in [3.63, 3.8) is 0 Å². The quantitative estimate of drug-likeness (QED) is 0.810. The van der Waals surface area contributed by atoms with E-state index in [-0.39, 0.29) is 0 Å². The second-order valence-electron chi connectivity index (χ2n) is 5.92. The molecule has 1 N–H and O–H groups in total. The van der Waals surface area contributed by atoms with Gasteiger partial charge in [0, 0.05) is 25.8 Å². The van der Waals surface area contributed by atoms with Crippen LogP contribution in [0.5, 0.6) is 5.75 Å². The predicted octanol–water partition coefficient (Wildman–Crippen LogP) is 3.27. The van der Waals surface area contributed by atoms with E-state index in [1.54, 1.807) is 0 Å². The molecule has 112 valence electrons. The van der Waals surface area contributed by atoms with Gasteiger partial charge in [-0.1, -0.05) is 19.9 Å². The van der Waals surface area contributed by atoms with Crippen LogP contribution in [0.3, 0.4) is 0 Å². The van der Waals surface area contributed by atoms with Gasteiger partial charge in [-0.2, -0.15) is 0 Å². The number of hydrogen-bond acceptors (Lipinski definition) is 3. The molecule has 3 nitrogen and oxygen atoms in total. The zero-order valence-corrected chi connectivity index (χ0v) is 12.9. The standard InChI is InChI=1S/C17H27NO2/c1-13(2)15-10-14(3)11-17(12-15)20-9-6-18-16-4-7-19-8-5-16/h10-13,16,18H,4-9H2,1-3H3. The molecule has 0 amide bonds. The van der Waals surface area contributed by atoms with E-state index in [0.717, 1.165) is 45.0 Å². The van der Waals surface area contributed by atoms with E-state index in [2.05, 4.69) is 44.3 Å². The van der Waals surface area contributed by atoms with Gasteiger partial charge < -0.3 is 14.8 Å². The molecule has 1 heterocycles. The molecule has 0 aliphatic carbocycles. The smallest absolute Gasteiger partial charge is 0.119 e. The van der Waals surface area contributed by atoms with Crippen LogP contribution in [0, 0.1) is 6.92 Å². The maximum absolute atomic E-state index is 5.87. The van der Waals surface area contributed by atoms with E-state index < -0.39 is 0 Å². The highest BCUT2D eigenvalue weighted by Gasteiger charge is 2.12. The van der Waals surface area contributed by atoms with Crippen molar-refractivity contribution in [3.8, 4) is 5.75 Å². The lowest BCUT2D eigenvalue weighted by atomic mass is 10.0. The Balaban J connectivity index is 1.75. The molecule has 0 bridgehead atoms. The first-order valence-electron chi connectivity index (χ1n) is 7.70. The topological polar surface area (TPSA) is 30.5 Å². The van der Waals surface area contributed by atoms with Crippen molar-refractivity contribution in [2.75, 3.05) is 26.4 Å². The van der Waals surface area contributed by atoms with Crippen LogP contribution in [0.4, 0.5) is 0 Å². The summed E-state index contributed by atoms with van der Waals surface area (Å²) in [6, 6.07) is 7.10. The Labute approximate surface area is 122 Å². The molecule has 1 saturated heterocycles. The molecule has 0 spiro atoms. The summed E-state index contributed by atoms with van der Waals surface area (Å²) in [7, 11) is 0. The maximum Gasteiger partial charge on any atom is 0.119 e. The third-order valence-electron chi connectivity index (χ3n) is 3.76. The summed E-state index contributed by atoms with van der Waals surface area (Å²) in [5.41, 5.74) is 2.61. The summed E-state index contributed by atoms with van der Waals surface area (Å²) < 4.78 is 11.2. The summed E-state index contributed by atoms with van der Waals surface area (Å²) in [6.07, 6.45) is 2.23. The Morgan fingerprint density at radius 1 is 1.25 bits per heavy atom. The van der Waals surface area contributed by atoms with E-state index in [1.165, 1.54) is 11.1 Å². The van der Waals surface area contributed by atoms with E-state index in [1.807, 2.05) is 0 Å². The lowest BCUT2D eigenvalue weighted by molar-refractivity contribution is 0.0770. The maximum atomic E-state index is 5.87. The van der Waals surface area contributed by atoms with Crippen LogP contribution in [0.25, 0.3) is 0 Å². The molecule has 2 rings (SSSR count). The fourth-order valence-electron chi connectivity index (χ4n) is 2.53. The first kappa shape index (κ1) is 15.3. The number of aryl methyl sites for hydroxylation is 1. The molecule has 1 aliphatic heterocycles. The molecule has 0 unspecified atom stereocenters. The molecular weight excluding hydrogens is 250 g/mol. The van der Waals surface area contributed by atoms with Gasteiger partial charge in [0.05, 0.1) is 0 Å². The second kappa shape index (κ2) is 7.65. The monoisotopic (exact) mass is 277 g/mol. The number of rotatable bonds is 6. The highest BCUT2D eigenvalue weighted by atomic mass is 16.5. The Bertz CT molecular complexity index is 411. The van der Waals surface area contributed by atoms with Crippen molar-refractivity contribution >= 4 is 0 Å². The van der Waals surface area contributed by atoms with Crippen LogP contribution in [0.15, 0.2) is 18.2 Å². The molecule has 0 saturated carbocycles. The van der Waals surface area contributed by atoms with Gasteiger partial charge in [0.15, 0.2) is 0 Å². The van der Waals surface area contributed by atoms with Crippen LogP contribution in [0.2, 0.25) is 0 Å². The summed E-state index contributed by atoms with van der Waals surface area (Å²) in [5, 5.41) is 3.54. The third kappa shape index (κ3) is 4.80. The van der Waals surface area contributed by atoms with Gasteiger partial charge >= 0.3 is 0 Å². The van der Waals surface area contributed by atoms with Crippen molar-refractivity contribution < 1.29 is 9.47 Å². The van der Waals surface area contributed by atoms with Crippen molar-refractivity contribution in [3.05, 3.63) is 29.3 Å². The molecule has 1 aromatic rings. The SMILES string of the molecule is Cc1cc(OCCNC2CCOCC2)cc(C(C)C)c1. The van der Waals surface area contributed by atoms with Crippen LogP contribution in [-0.4, -0.2) is 32.4 Å². The highest BCUT2D eigenvalue weighted by Crippen LogP contribution is 2.22. The Morgan fingerprint density at radius 3 is 2.70 bits per heavy atom. The Kier molecular flexibility index (Phi) is 5.86. The molecule has 1 fully saturated rings. The molecule has 3 heteroatoms. The van der Waals surface area contributed by atoms with Gasteiger partial charge in [-0.05, 0) is 48.9 Å². The van der Waals surface area contributed by atoms with E-state index in [9.17, 15) is 0 Å². The Hall–Kier alpha value is -1.06. The molecule has 1 aliphatic rings. The van der Waals surface area contributed by atoms with Crippen LogP contribution >= 0.6 is 0 Å². The second-order valence-corrected chi connectivity index (χ2v) is 5.92. The first-order valence-corrected chi connectivity index (χ1v) is 7.70. The number of hydrogen-bond donors (Lipinski definition) is 1. The number of benzene rings is 1. The summed E-state index contributed by atoms with van der Waals surface area (Å²) >= 11 is 0. The zero-order chi connectivity index (χ0) is 14.4. The zero-order valence-electron chi connectivity index (χ0n) is 12.9. The highest BCUT2D eigenvalue weighted by molar-refractivity contribution is 5.35. The largest absolute Gasteiger partial charge is 0.492 e. The van der Waals surface area contributed by atoms with Gasteiger partial charge in [-0.15, -0.1) is 0 Å². The van der Waals surface area contributed by atoms with Crippen LogP contribution in [-0.2, 0) is 4.74 Å². The first-order chi connectivity index (χ1) is 9.65. The van der Waals surface area contributed by atoms with Crippen molar-refractivity contribution in [2.45, 2.75) is 45.6 Å². The third-order valence-corrected chi connectivity index (χ3v) is 3.76. The summed E-state index contributed by atoms with van der Waals surface area (Å²) in [5.74, 6) is 1.53. The fourth-order valence-corrected chi connectivity index (χ4v) is 2.53. The van der Waals surface area contributed by atoms with Crippen molar-refractivity contribution in [2.24, 2.45) is 0 Å². The van der Waals surface area contributed by atoms with Gasteiger partial charge in [0.2, 0.25) is 0 Å². The van der Waals surface area contributed by atoms with E-state index >= 15 is 0 Å². The number of ether oxygens (including phenoxy) is 2. The Morgan fingerprint density at radius 2 is 2.00 bits per heavy atom. The molecule has 20 heavy (non-hydrogen) atoms. The molecular formula is C17H27NO2. The summed E-state index contributed by atoms with van der Waals surface area (Å²) in [4.78, 5) is 0. The average molecular weight is 277 g/mol. The fraction of sp³-hybridized carbons (Fsp3) is 0.647. The van der Waals surface area contributed by atoms with Crippen molar-refractivity contribution in [1.82, 2.24) is 5.32 Å². The van der Waals surface area contributed by atoms with Gasteiger partial charge in [0.25, 0.3) is 0 Å². The normalized spacial score (nSPS) is 16.6. The van der Waals surface area contributed by atoms with Gasteiger partial charge in [-0.3, -0.25) is 0 Å². The molecule has 0 atom stereocenters. The van der Waals surface area contributed by atoms with Gasteiger partial charge in [-0.25, -0.2) is 0 Å². The van der Waals surface area contributed by atoms with E-state index in [0.29, 0.717) is 12.0 Å².